The second-order valence-electron chi connectivity index (χ2n) is 3.83. The smallest absolute Gasteiger partial charge is 0.159 e. The zero-order chi connectivity index (χ0) is 9.26. The fourth-order valence-corrected chi connectivity index (χ4v) is 1.57. The quantitative estimate of drug-likeness (QED) is 0.683. The molecule has 0 saturated heterocycles. The van der Waals surface area contributed by atoms with Crippen molar-refractivity contribution < 1.29 is 4.74 Å². The van der Waals surface area contributed by atoms with Gasteiger partial charge in [0, 0.05) is 13.0 Å². The third-order valence-corrected chi connectivity index (χ3v) is 2.19. The Morgan fingerprint density at radius 1 is 1.46 bits per heavy atom. The Balaban J connectivity index is 2.21. The molecule has 4 heteroatoms. The topological polar surface area (TPSA) is 39.9 Å². The summed E-state index contributed by atoms with van der Waals surface area (Å²) in [6.07, 6.45) is 1.01. The van der Waals surface area contributed by atoms with Gasteiger partial charge in [0.05, 0.1) is 6.61 Å². The van der Waals surface area contributed by atoms with Crippen molar-refractivity contribution in [2.45, 2.75) is 33.4 Å². The summed E-state index contributed by atoms with van der Waals surface area (Å²) < 4.78 is 7.47. The van der Waals surface area contributed by atoms with Gasteiger partial charge in [-0.25, -0.2) is 0 Å². The average molecular weight is 181 g/mol. The fourth-order valence-electron chi connectivity index (χ4n) is 1.57. The number of nitrogens with zero attached hydrogens (tertiary/aromatic N) is 3. The Labute approximate surface area is 77.9 Å². The lowest BCUT2D eigenvalue weighted by molar-refractivity contribution is 0.0804. The van der Waals surface area contributed by atoms with Crippen molar-refractivity contribution in [3.63, 3.8) is 0 Å². The Morgan fingerprint density at radius 2 is 2.31 bits per heavy atom. The summed E-state index contributed by atoms with van der Waals surface area (Å²) in [7, 11) is 0. The molecule has 0 saturated carbocycles. The molecule has 4 nitrogen and oxygen atoms in total. The van der Waals surface area contributed by atoms with E-state index in [-0.39, 0.29) is 0 Å². The van der Waals surface area contributed by atoms with Crippen molar-refractivity contribution in [2.75, 3.05) is 6.61 Å². The molecule has 72 valence electrons. The van der Waals surface area contributed by atoms with E-state index in [0.717, 1.165) is 31.2 Å². The minimum atomic E-state index is 0.616. The lowest BCUT2D eigenvalue weighted by Crippen LogP contribution is -2.19. The highest BCUT2D eigenvalue weighted by Crippen LogP contribution is 2.12. The van der Waals surface area contributed by atoms with E-state index in [2.05, 4.69) is 28.6 Å². The maximum Gasteiger partial charge on any atom is 0.159 e. The van der Waals surface area contributed by atoms with E-state index in [0.29, 0.717) is 12.5 Å². The van der Waals surface area contributed by atoms with Gasteiger partial charge in [0.2, 0.25) is 0 Å². The molecule has 0 amide bonds. The van der Waals surface area contributed by atoms with E-state index in [1.807, 2.05) is 0 Å². The number of aromatic nitrogens is 3. The molecule has 1 aromatic heterocycles. The minimum absolute atomic E-state index is 0.616. The van der Waals surface area contributed by atoms with Gasteiger partial charge >= 0.3 is 0 Å². The maximum atomic E-state index is 5.29. The first kappa shape index (κ1) is 8.69. The number of hydrogen-bond donors (Lipinski definition) is 0. The molecule has 0 fully saturated rings. The highest BCUT2D eigenvalue weighted by Gasteiger charge is 2.16. The maximum absolute atomic E-state index is 5.29. The molecule has 1 aliphatic rings. The third-order valence-electron chi connectivity index (χ3n) is 2.19. The second-order valence-corrected chi connectivity index (χ2v) is 3.83. The van der Waals surface area contributed by atoms with Crippen LogP contribution in [0.4, 0.5) is 0 Å². The van der Waals surface area contributed by atoms with Gasteiger partial charge in [0.1, 0.15) is 12.4 Å². The van der Waals surface area contributed by atoms with E-state index < -0.39 is 0 Å². The Hall–Kier alpha value is -0.900. The van der Waals surface area contributed by atoms with Crippen molar-refractivity contribution in [2.24, 2.45) is 5.92 Å². The number of rotatable bonds is 2. The molecule has 0 N–H and O–H groups in total. The first-order valence-corrected chi connectivity index (χ1v) is 4.76. The molecule has 1 aromatic rings. The van der Waals surface area contributed by atoms with Gasteiger partial charge in [0.25, 0.3) is 0 Å². The first-order valence-electron chi connectivity index (χ1n) is 4.76. The fraction of sp³-hybridized carbons (Fsp3) is 0.778. The summed E-state index contributed by atoms with van der Waals surface area (Å²) in [5, 5.41) is 8.27. The summed E-state index contributed by atoms with van der Waals surface area (Å²) in [5.74, 6) is 2.71. The molecule has 0 atom stereocenters. The predicted molar refractivity (Wildman–Crippen MR) is 48.2 cm³/mol. The van der Waals surface area contributed by atoms with Crippen LogP contribution >= 0.6 is 0 Å². The molecule has 0 radical (unpaired) electrons. The monoisotopic (exact) mass is 181 g/mol. The zero-order valence-electron chi connectivity index (χ0n) is 8.16. The van der Waals surface area contributed by atoms with Crippen LogP contribution in [0.15, 0.2) is 0 Å². The molecule has 2 heterocycles. The van der Waals surface area contributed by atoms with Crippen LogP contribution in [0.25, 0.3) is 0 Å². The predicted octanol–water partition coefficient (Wildman–Crippen LogP) is 1.01. The van der Waals surface area contributed by atoms with Gasteiger partial charge in [-0.05, 0) is 5.92 Å². The Morgan fingerprint density at radius 3 is 3.08 bits per heavy atom. The van der Waals surface area contributed by atoms with Crippen molar-refractivity contribution in [1.29, 1.82) is 0 Å². The number of ether oxygens (including phenoxy) is 1. The van der Waals surface area contributed by atoms with E-state index in [4.69, 9.17) is 4.74 Å². The van der Waals surface area contributed by atoms with Crippen LogP contribution in [0.1, 0.15) is 25.5 Å². The highest BCUT2D eigenvalue weighted by molar-refractivity contribution is 4.97. The second kappa shape index (κ2) is 3.46. The molecule has 0 unspecified atom stereocenters. The summed E-state index contributed by atoms with van der Waals surface area (Å²) >= 11 is 0. The number of fused-ring (bicyclic) bond motifs is 1. The summed E-state index contributed by atoms with van der Waals surface area (Å²) in [6.45, 7) is 6.70. The van der Waals surface area contributed by atoms with Crippen LogP contribution in [-0.2, 0) is 24.3 Å². The van der Waals surface area contributed by atoms with Crippen LogP contribution < -0.4 is 0 Å². The van der Waals surface area contributed by atoms with Crippen LogP contribution in [-0.4, -0.2) is 21.4 Å². The van der Waals surface area contributed by atoms with Crippen molar-refractivity contribution in [3.8, 4) is 0 Å². The largest absolute Gasteiger partial charge is 0.372 e. The summed E-state index contributed by atoms with van der Waals surface area (Å²) in [6, 6.07) is 0. The number of hydrogen-bond acceptors (Lipinski definition) is 3. The highest BCUT2D eigenvalue weighted by atomic mass is 16.5. The molecular formula is C9H15N3O. The van der Waals surface area contributed by atoms with Gasteiger partial charge < -0.3 is 9.30 Å². The molecule has 13 heavy (non-hydrogen) atoms. The average Bonchev–Trinajstić information content (AvgIpc) is 2.48. The van der Waals surface area contributed by atoms with E-state index in [1.54, 1.807) is 0 Å². The Kier molecular flexibility index (Phi) is 2.31. The summed E-state index contributed by atoms with van der Waals surface area (Å²) in [4.78, 5) is 0. The van der Waals surface area contributed by atoms with Crippen molar-refractivity contribution in [1.82, 2.24) is 14.8 Å². The van der Waals surface area contributed by atoms with E-state index >= 15 is 0 Å². The van der Waals surface area contributed by atoms with E-state index in [9.17, 15) is 0 Å². The van der Waals surface area contributed by atoms with Gasteiger partial charge in [-0.1, -0.05) is 13.8 Å². The summed E-state index contributed by atoms with van der Waals surface area (Å²) in [5.41, 5.74) is 0. The molecular weight excluding hydrogens is 166 g/mol. The molecule has 0 spiro atoms. The van der Waals surface area contributed by atoms with E-state index in [1.165, 1.54) is 0 Å². The minimum Gasteiger partial charge on any atom is -0.372 e. The molecule has 2 rings (SSSR count). The third kappa shape index (κ3) is 1.72. The lowest BCUT2D eigenvalue weighted by atomic mass is 10.1. The van der Waals surface area contributed by atoms with Gasteiger partial charge in [-0.2, -0.15) is 0 Å². The first-order chi connectivity index (χ1) is 6.27. The van der Waals surface area contributed by atoms with Gasteiger partial charge in [-0.3, -0.25) is 0 Å². The lowest BCUT2D eigenvalue weighted by Gasteiger charge is -2.15. The molecule has 0 aliphatic carbocycles. The van der Waals surface area contributed by atoms with Crippen LogP contribution in [0.5, 0.6) is 0 Å². The van der Waals surface area contributed by atoms with Crippen LogP contribution in [0.2, 0.25) is 0 Å². The zero-order valence-corrected chi connectivity index (χ0v) is 8.16. The van der Waals surface area contributed by atoms with Crippen molar-refractivity contribution in [3.05, 3.63) is 11.6 Å². The van der Waals surface area contributed by atoms with Crippen LogP contribution in [0, 0.1) is 5.92 Å². The molecule has 0 bridgehead atoms. The SMILES string of the molecule is CC(C)Cc1nnc2n1CCOC2. The molecule has 0 aromatic carbocycles. The normalized spacial score (nSPS) is 16.2. The van der Waals surface area contributed by atoms with Crippen LogP contribution in [0.3, 0.4) is 0 Å². The van der Waals surface area contributed by atoms with Gasteiger partial charge in [0.15, 0.2) is 5.82 Å². The standard InChI is InChI=1S/C9H15N3O/c1-7(2)5-8-10-11-9-6-13-4-3-12(8)9/h7H,3-6H2,1-2H3. The van der Waals surface area contributed by atoms with Crippen molar-refractivity contribution >= 4 is 0 Å². The van der Waals surface area contributed by atoms with Gasteiger partial charge in [-0.15, -0.1) is 10.2 Å². The Bertz CT molecular complexity index is 293. The molecule has 1 aliphatic heterocycles.